The third kappa shape index (κ3) is 2.90. The van der Waals surface area contributed by atoms with Crippen LogP contribution in [0.3, 0.4) is 0 Å². The van der Waals surface area contributed by atoms with Crippen LogP contribution in [0.4, 0.5) is 5.69 Å². The number of nitrogen functional groups attached to an aromatic ring is 1. The van der Waals surface area contributed by atoms with Crippen LogP contribution in [0.5, 0.6) is 5.75 Å². The van der Waals surface area contributed by atoms with Crippen molar-refractivity contribution in [1.82, 2.24) is 9.78 Å². The quantitative estimate of drug-likeness (QED) is 0.412. The highest BCUT2D eigenvalue weighted by molar-refractivity contribution is 7.22. The lowest BCUT2D eigenvalue weighted by Gasteiger charge is -2.09. The highest BCUT2D eigenvalue weighted by Gasteiger charge is 2.14. The monoisotopic (exact) mass is 385 g/mol. The molecule has 0 aliphatic rings. The van der Waals surface area contributed by atoms with E-state index in [1.54, 1.807) is 18.4 Å². The molecule has 0 radical (unpaired) electrons. The zero-order valence-electron chi connectivity index (χ0n) is 15.4. The first-order valence-electron chi connectivity index (χ1n) is 9.08. The van der Waals surface area contributed by atoms with Crippen molar-refractivity contribution in [3.63, 3.8) is 0 Å². The molecule has 2 N–H and O–H groups in total. The minimum absolute atomic E-state index is 0.690. The van der Waals surface area contributed by atoms with Crippen molar-refractivity contribution in [2.24, 2.45) is 0 Å². The van der Waals surface area contributed by atoms with Crippen molar-refractivity contribution in [2.75, 3.05) is 12.8 Å². The summed E-state index contributed by atoms with van der Waals surface area (Å²) in [6.07, 6.45) is 1.89. The van der Waals surface area contributed by atoms with E-state index in [2.05, 4.69) is 58.3 Å². The molecule has 0 saturated heterocycles. The van der Waals surface area contributed by atoms with Crippen molar-refractivity contribution in [3.05, 3.63) is 78.5 Å². The van der Waals surface area contributed by atoms with E-state index in [1.165, 1.54) is 20.5 Å². The van der Waals surface area contributed by atoms with Gasteiger partial charge in [-0.3, -0.25) is 4.68 Å². The van der Waals surface area contributed by atoms with Crippen molar-refractivity contribution in [1.29, 1.82) is 0 Å². The van der Waals surface area contributed by atoms with Crippen LogP contribution >= 0.6 is 11.3 Å². The lowest BCUT2D eigenvalue weighted by molar-refractivity contribution is 0.414. The number of benzene rings is 3. The molecule has 0 unspecified atom stereocenters. The Balaban J connectivity index is 1.65. The Morgan fingerprint density at radius 2 is 1.82 bits per heavy atom. The predicted molar refractivity (Wildman–Crippen MR) is 117 cm³/mol. The SMILES string of the molecule is COc1ccc(Cn2ncc3cc(N)cc(-c4cc5ccccc5s4)c32)cc1. The van der Waals surface area contributed by atoms with Gasteiger partial charge in [-0.15, -0.1) is 11.3 Å². The standard InChI is InChI=1S/C23H19N3OS/c1-27-19-8-6-15(7-9-19)14-26-23-17(13-25-26)10-18(24)12-20(23)22-11-16-4-2-3-5-21(16)28-22/h2-13H,14,24H2,1H3. The van der Waals surface area contributed by atoms with E-state index in [0.717, 1.165) is 27.9 Å². The van der Waals surface area contributed by atoms with Gasteiger partial charge in [0.15, 0.2) is 0 Å². The maximum absolute atomic E-state index is 6.20. The number of methoxy groups -OCH3 is 1. The fraction of sp³-hybridized carbons (Fsp3) is 0.0870. The first kappa shape index (κ1) is 16.8. The van der Waals surface area contributed by atoms with Gasteiger partial charge in [-0.2, -0.15) is 5.10 Å². The van der Waals surface area contributed by atoms with Gasteiger partial charge in [-0.05, 0) is 47.3 Å². The molecule has 28 heavy (non-hydrogen) atoms. The normalized spacial score (nSPS) is 11.3. The maximum atomic E-state index is 6.20. The Kier molecular flexibility index (Phi) is 4.02. The molecule has 0 spiro atoms. The number of hydrogen-bond donors (Lipinski definition) is 1. The van der Waals surface area contributed by atoms with Crippen LogP contribution in [0.2, 0.25) is 0 Å². The third-order valence-corrected chi connectivity index (χ3v) is 6.09. The lowest BCUT2D eigenvalue weighted by Crippen LogP contribution is -2.02. The Hall–Kier alpha value is -3.31. The molecule has 138 valence electrons. The van der Waals surface area contributed by atoms with Gasteiger partial charge in [0.05, 0.1) is 25.4 Å². The van der Waals surface area contributed by atoms with Crippen LogP contribution in [0.25, 0.3) is 31.4 Å². The van der Waals surface area contributed by atoms with Crippen LogP contribution in [0, 0.1) is 0 Å². The fourth-order valence-corrected chi connectivity index (χ4v) is 4.66. The number of nitrogens with two attached hydrogens (primary N) is 1. The first-order chi connectivity index (χ1) is 13.7. The summed E-state index contributed by atoms with van der Waals surface area (Å²) in [5.41, 5.74) is 10.4. The van der Waals surface area contributed by atoms with Gasteiger partial charge in [0.2, 0.25) is 0 Å². The maximum Gasteiger partial charge on any atom is 0.118 e. The van der Waals surface area contributed by atoms with Gasteiger partial charge in [0.25, 0.3) is 0 Å². The minimum atomic E-state index is 0.690. The Morgan fingerprint density at radius 1 is 1.00 bits per heavy atom. The van der Waals surface area contributed by atoms with Gasteiger partial charge >= 0.3 is 0 Å². The highest BCUT2D eigenvalue weighted by atomic mass is 32.1. The zero-order chi connectivity index (χ0) is 19.1. The molecule has 4 nitrogen and oxygen atoms in total. The van der Waals surface area contributed by atoms with Crippen LogP contribution < -0.4 is 10.5 Å². The molecule has 2 aromatic heterocycles. The minimum Gasteiger partial charge on any atom is -0.497 e. The van der Waals surface area contributed by atoms with Gasteiger partial charge in [0, 0.05) is 26.2 Å². The zero-order valence-corrected chi connectivity index (χ0v) is 16.2. The number of ether oxygens (including phenoxy) is 1. The van der Waals surface area contributed by atoms with E-state index in [-0.39, 0.29) is 0 Å². The Labute approximate surface area is 166 Å². The molecule has 0 aliphatic heterocycles. The highest BCUT2D eigenvalue weighted by Crippen LogP contribution is 2.38. The summed E-state index contributed by atoms with van der Waals surface area (Å²) >= 11 is 1.78. The molecule has 0 atom stereocenters. The Morgan fingerprint density at radius 3 is 2.61 bits per heavy atom. The molecule has 0 saturated carbocycles. The van der Waals surface area contributed by atoms with Crippen molar-refractivity contribution in [3.8, 4) is 16.2 Å². The van der Waals surface area contributed by atoms with E-state index in [4.69, 9.17) is 10.5 Å². The summed E-state index contributed by atoms with van der Waals surface area (Å²) in [6.45, 7) is 0.690. The molecule has 5 rings (SSSR count). The van der Waals surface area contributed by atoms with Gasteiger partial charge in [-0.25, -0.2) is 0 Å². The number of fused-ring (bicyclic) bond motifs is 2. The second-order valence-electron chi connectivity index (χ2n) is 6.81. The summed E-state index contributed by atoms with van der Waals surface area (Å²) in [5, 5.41) is 6.95. The Bertz CT molecular complexity index is 1250. The smallest absolute Gasteiger partial charge is 0.118 e. The van der Waals surface area contributed by atoms with Gasteiger partial charge in [0.1, 0.15) is 5.75 Å². The summed E-state index contributed by atoms with van der Waals surface area (Å²) in [7, 11) is 1.68. The number of anilines is 1. The fourth-order valence-electron chi connectivity index (χ4n) is 3.58. The largest absolute Gasteiger partial charge is 0.497 e. The lowest BCUT2D eigenvalue weighted by atomic mass is 10.1. The summed E-state index contributed by atoms with van der Waals surface area (Å²) < 4.78 is 8.58. The number of aromatic nitrogens is 2. The first-order valence-corrected chi connectivity index (χ1v) is 9.90. The van der Waals surface area contributed by atoms with Crippen LogP contribution in [0.1, 0.15) is 5.56 Å². The third-order valence-electron chi connectivity index (χ3n) is 4.94. The predicted octanol–water partition coefficient (Wildman–Crippen LogP) is 5.56. The van der Waals surface area contributed by atoms with E-state index < -0.39 is 0 Å². The molecule has 0 amide bonds. The van der Waals surface area contributed by atoms with E-state index in [9.17, 15) is 0 Å². The second-order valence-corrected chi connectivity index (χ2v) is 7.89. The van der Waals surface area contributed by atoms with Crippen molar-refractivity contribution >= 4 is 38.0 Å². The molecular formula is C23H19N3OS. The summed E-state index contributed by atoms with van der Waals surface area (Å²) in [5.74, 6) is 0.854. The van der Waals surface area contributed by atoms with Crippen molar-refractivity contribution in [2.45, 2.75) is 6.54 Å². The topological polar surface area (TPSA) is 53.1 Å². The number of thiophene rings is 1. The van der Waals surface area contributed by atoms with Crippen molar-refractivity contribution < 1.29 is 4.74 Å². The molecule has 0 bridgehead atoms. The van der Waals surface area contributed by atoms with E-state index in [0.29, 0.717) is 6.54 Å². The molecule has 5 aromatic rings. The van der Waals surface area contributed by atoms with E-state index >= 15 is 0 Å². The molecule has 0 aliphatic carbocycles. The van der Waals surface area contributed by atoms with Crippen LogP contribution in [0.15, 0.2) is 72.9 Å². The molecule has 5 heteroatoms. The molecular weight excluding hydrogens is 366 g/mol. The van der Waals surface area contributed by atoms with Crippen LogP contribution in [-0.2, 0) is 6.54 Å². The molecule has 3 aromatic carbocycles. The number of rotatable bonds is 4. The molecule has 0 fully saturated rings. The number of hydrogen-bond acceptors (Lipinski definition) is 4. The van der Waals surface area contributed by atoms with Gasteiger partial charge in [-0.1, -0.05) is 30.3 Å². The average Bonchev–Trinajstić information content (AvgIpc) is 3.32. The van der Waals surface area contributed by atoms with Gasteiger partial charge < -0.3 is 10.5 Å². The van der Waals surface area contributed by atoms with E-state index in [1.807, 2.05) is 24.4 Å². The summed E-state index contributed by atoms with van der Waals surface area (Å²) in [6, 6.07) is 22.8. The average molecular weight is 385 g/mol. The number of nitrogens with zero attached hydrogens (tertiary/aromatic N) is 2. The van der Waals surface area contributed by atoms with Crippen LogP contribution in [-0.4, -0.2) is 16.9 Å². The summed E-state index contributed by atoms with van der Waals surface area (Å²) in [4.78, 5) is 1.20. The second kappa shape index (κ2) is 6.69. The molecule has 2 heterocycles.